The Labute approximate surface area is 111 Å². The molecule has 6 nitrogen and oxygen atoms in total. The summed E-state index contributed by atoms with van der Waals surface area (Å²) in [7, 11) is 1.57. The number of amides is 1. The number of nitrogens with one attached hydrogen (secondary N) is 1. The molecule has 1 atom stereocenters. The number of hydrogen-bond donors (Lipinski definition) is 2. The lowest BCUT2D eigenvalue weighted by atomic mass is 10.2. The number of carbonyl (C=O) groups excluding carboxylic acids is 1. The van der Waals surface area contributed by atoms with Gasteiger partial charge in [0.15, 0.2) is 0 Å². The average molecular weight is 279 g/mol. The number of hydrogen-bond acceptors (Lipinski definition) is 5. The van der Waals surface area contributed by atoms with Gasteiger partial charge in [0.25, 0.3) is 0 Å². The number of rotatable bonds is 7. The fourth-order valence-corrected chi connectivity index (χ4v) is 1.74. The van der Waals surface area contributed by atoms with Gasteiger partial charge in [0.05, 0.1) is 5.94 Å². The first kappa shape index (κ1) is 17.1. The zero-order valence-electron chi connectivity index (χ0n) is 11.2. The molecule has 1 amide bonds. The number of methoxy groups -OCH3 is 1. The molecule has 0 spiro atoms. The zero-order chi connectivity index (χ0) is 14.2. The quantitative estimate of drug-likeness (QED) is 0.545. The number of carboxylic acid groups (broad SMARTS) is 1. The summed E-state index contributed by atoms with van der Waals surface area (Å²) in [4.78, 5) is 22.4. The Morgan fingerprint density at radius 3 is 2.44 bits per heavy atom. The van der Waals surface area contributed by atoms with Crippen molar-refractivity contribution in [2.75, 3.05) is 18.8 Å². The van der Waals surface area contributed by atoms with Crippen LogP contribution >= 0.6 is 11.8 Å². The molecule has 0 saturated carbocycles. The molecule has 0 aromatic heterocycles. The van der Waals surface area contributed by atoms with Gasteiger partial charge < -0.3 is 19.9 Å². The van der Waals surface area contributed by atoms with Crippen molar-refractivity contribution >= 4 is 23.8 Å². The van der Waals surface area contributed by atoms with E-state index in [2.05, 4.69) is 5.32 Å². The van der Waals surface area contributed by atoms with Crippen molar-refractivity contribution in [3.05, 3.63) is 0 Å². The van der Waals surface area contributed by atoms with Crippen molar-refractivity contribution in [3.63, 3.8) is 0 Å². The zero-order valence-corrected chi connectivity index (χ0v) is 12.0. The summed E-state index contributed by atoms with van der Waals surface area (Å²) in [6.45, 7) is 5.16. The maximum Gasteiger partial charge on any atom is 0.408 e. The minimum atomic E-state index is -1.07. The van der Waals surface area contributed by atoms with Gasteiger partial charge in [-0.05, 0) is 32.9 Å². The lowest BCUT2D eigenvalue weighted by molar-refractivity contribution is -0.139. The summed E-state index contributed by atoms with van der Waals surface area (Å²) in [6.07, 6.45) is -0.394. The molecular formula is C11H21NO5S. The van der Waals surface area contributed by atoms with E-state index < -0.39 is 23.7 Å². The summed E-state index contributed by atoms with van der Waals surface area (Å²) in [6, 6.07) is -0.941. The highest BCUT2D eigenvalue weighted by atomic mass is 32.2. The number of carboxylic acids is 1. The highest BCUT2D eigenvalue weighted by Crippen LogP contribution is 2.09. The third-order valence-electron chi connectivity index (χ3n) is 1.74. The topological polar surface area (TPSA) is 84.9 Å². The molecule has 0 aromatic carbocycles. The SMILES string of the molecule is COCSCCC(NC(=O)OC(C)(C)C)C(=O)O. The molecule has 0 saturated heterocycles. The number of aliphatic carboxylic acids is 1. The van der Waals surface area contributed by atoms with Gasteiger partial charge in [-0.3, -0.25) is 0 Å². The first-order chi connectivity index (χ1) is 8.26. The Morgan fingerprint density at radius 2 is 2.00 bits per heavy atom. The predicted molar refractivity (Wildman–Crippen MR) is 69.7 cm³/mol. The molecule has 1 unspecified atom stereocenters. The Morgan fingerprint density at radius 1 is 1.39 bits per heavy atom. The Kier molecular flexibility index (Phi) is 7.77. The van der Waals surface area contributed by atoms with Crippen molar-refractivity contribution in [2.45, 2.75) is 38.8 Å². The molecule has 0 rings (SSSR count). The first-order valence-corrected chi connectivity index (χ1v) is 6.70. The van der Waals surface area contributed by atoms with Crippen LogP contribution in [0.2, 0.25) is 0 Å². The normalized spacial score (nSPS) is 12.9. The van der Waals surface area contributed by atoms with Crippen LogP contribution in [-0.4, -0.2) is 47.6 Å². The van der Waals surface area contributed by atoms with E-state index in [1.165, 1.54) is 11.8 Å². The summed E-state index contributed by atoms with van der Waals surface area (Å²) in [5.41, 5.74) is -0.641. The van der Waals surface area contributed by atoms with Crippen LogP contribution in [0.4, 0.5) is 4.79 Å². The second-order valence-corrected chi connectivity index (χ2v) is 5.69. The number of carbonyl (C=O) groups is 2. The molecule has 0 heterocycles. The molecule has 0 aliphatic carbocycles. The van der Waals surface area contributed by atoms with Gasteiger partial charge in [-0.2, -0.15) is 0 Å². The number of alkyl carbamates (subject to hydrolysis) is 1. The monoisotopic (exact) mass is 279 g/mol. The molecular weight excluding hydrogens is 258 g/mol. The summed E-state index contributed by atoms with van der Waals surface area (Å²) in [5.74, 6) is 0.0122. The third-order valence-corrected chi connectivity index (χ3v) is 2.67. The van der Waals surface area contributed by atoms with Gasteiger partial charge in [-0.15, -0.1) is 11.8 Å². The van der Waals surface area contributed by atoms with Crippen molar-refractivity contribution in [2.24, 2.45) is 0 Å². The molecule has 18 heavy (non-hydrogen) atoms. The van der Waals surface area contributed by atoms with Gasteiger partial charge in [0, 0.05) is 7.11 Å². The lowest BCUT2D eigenvalue weighted by Gasteiger charge is -2.21. The molecule has 106 valence electrons. The van der Waals surface area contributed by atoms with E-state index in [-0.39, 0.29) is 0 Å². The summed E-state index contributed by atoms with van der Waals surface area (Å²) >= 11 is 1.46. The van der Waals surface area contributed by atoms with Gasteiger partial charge in [0.2, 0.25) is 0 Å². The standard InChI is InChI=1S/C11H21NO5S/c1-11(2,3)17-10(15)12-8(9(13)14)5-6-18-7-16-4/h8H,5-7H2,1-4H3,(H,12,15)(H,13,14). The molecule has 0 fully saturated rings. The van der Waals surface area contributed by atoms with E-state index >= 15 is 0 Å². The third kappa shape index (κ3) is 9.12. The van der Waals surface area contributed by atoms with E-state index in [1.54, 1.807) is 27.9 Å². The predicted octanol–water partition coefficient (Wildman–Crippen LogP) is 1.69. The van der Waals surface area contributed by atoms with Crippen LogP contribution in [0.5, 0.6) is 0 Å². The molecule has 2 N–H and O–H groups in total. The lowest BCUT2D eigenvalue weighted by Crippen LogP contribution is -2.43. The maximum absolute atomic E-state index is 11.4. The van der Waals surface area contributed by atoms with Gasteiger partial charge in [0.1, 0.15) is 11.6 Å². The molecule has 0 aliphatic heterocycles. The van der Waals surface area contributed by atoms with Crippen LogP contribution in [0.25, 0.3) is 0 Å². The summed E-state index contributed by atoms with van der Waals surface area (Å²) in [5, 5.41) is 11.3. The smallest absolute Gasteiger partial charge is 0.408 e. The van der Waals surface area contributed by atoms with Gasteiger partial charge in [-0.25, -0.2) is 9.59 Å². The molecule has 0 aromatic rings. The van der Waals surface area contributed by atoms with E-state index in [4.69, 9.17) is 14.6 Å². The second-order valence-electron chi connectivity index (χ2n) is 4.64. The molecule has 7 heteroatoms. The minimum absolute atomic E-state index is 0.322. The minimum Gasteiger partial charge on any atom is -0.480 e. The Bertz CT molecular complexity index is 277. The van der Waals surface area contributed by atoms with Crippen LogP contribution < -0.4 is 5.32 Å². The highest BCUT2D eigenvalue weighted by Gasteiger charge is 2.23. The van der Waals surface area contributed by atoms with Crippen LogP contribution in [-0.2, 0) is 14.3 Å². The van der Waals surface area contributed by atoms with E-state index in [0.29, 0.717) is 18.1 Å². The van der Waals surface area contributed by atoms with E-state index in [9.17, 15) is 9.59 Å². The summed E-state index contributed by atoms with van der Waals surface area (Å²) < 4.78 is 9.84. The second kappa shape index (κ2) is 8.20. The van der Waals surface area contributed by atoms with E-state index in [1.807, 2.05) is 0 Å². The first-order valence-electron chi connectivity index (χ1n) is 5.55. The Hall–Kier alpha value is -0.950. The highest BCUT2D eigenvalue weighted by molar-refractivity contribution is 7.99. The van der Waals surface area contributed by atoms with Crippen LogP contribution in [0.1, 0.15) is 27.2 Å². The van der Waals surface area contributed by atoms with Crippen LogP contribution in [0, 0.1) is 0 Å². The maximum atomic E-state index is 11.4. The fourth-order valence-electron chi connectivity index (χ4n) is 1.05. The van der Waals surface area contributed by atoms with Crippen molar-refractivity contribution in [3.8, 4) is 0 Å². The van der Waals surface area contributed by atoms with Gasteiger partial charge >= 0.3 is 12.1 Å². The Balaban J connectivity index is 4.11. The fraction of sp³-hybridized carbons (Fsp3) is 0.818. The van der Waals surface area contributed by atoms with Crippen molar-refractivity contribution < 1.29 is 24.2 Å². The van der Waals surface area contributed by atoms with E-state index in [0.717, 1.165) is 0 Å². The molecule has 0 radical (unpaired) electrons. The number of ether oxygens (including phenoxy) is 2. The van der Waals surface area contributed by atoms with Crippen molar-refractivity contribution in [1.82, 2.24) is 5.32 Å². The van der Waals surface area contributed by atoms with Crippen LogP contribution in [0.15, 0.2) is 0 Å². The molecule has 0 aliphatic rings. The van der Waals surface area contributed by atoms with Crippen LogP contribution in [0.3, 0.4) is 0 Å². The van der Waals surface area contributed by atoms with Gasteiger partial charge in [-0.1, -0.05) is 0 Å². The number of thioether (sulfide) groups is 1. The largest absolute Gasteiger partial charge is 0.480 e. The average Bonchev–Trinajstić information content (AvgIpc) is 2.19. The molecule has 0 bridgehead atoms. The van der Waals surface area contributed by atoms with Crippen molar-refractivity contribution in [1.29, 1.82) is 0 Å².